The Bertz CT molecular complexity index is 112. The largest absolute Gasteiger partial charge is 0.375 e. The van der Waals surface area contributed by atoms with Crippen molar-refractivity contribution in [1.82, 2.24) is 10.6 Å². The lowest BCUT2D eigenvalue weighted by atomic mass is 10.4. The predicted molar refractivity (Wildman–Crippen MR) is 36.1 cm³/mol. The molecule has 8 heavy (non-hydrogen) atoms. The first kappa shape index (κ1) is 5.91. The molecule has 4 N–H and O–H groups in total. The highest BCUT2D eigenvalue weighted by molar-refractivity contribution is 9.11. The number of hydrogen-bond donors (Lipinski definition) is 3. The first-order valence-corrected chi connectivity index (χ1v) is 3.19. The molecule has 0 aliphatic carbocycles. The Morgan fingerprint density at radius 3 is 3.00 bits per heavy atom. The summed E-state index contributed by atoms with van der Waals surface area (Å²) in [5.41, 5.74) is 5.46. The van der Waals surface area contributed by atoms with Gasteiger partial charge in [-0.3, -0.25) is 0 Å². The van der Waals surface area contributed by atoms with E-state index >= 15 is 0 Å². The van der Waals surface area contributed by atoms with Crippen molar-refractivity contribution in [3.8, 4) is 0 Å². The van der Waals surface area contributed by atoms with Crippen molar-refractivity contribution in [1.29, 1.82) is 0 Å². The maximum Gasteiger partial charge on any atom is 0.0940 e. The van der Waals surface area contributed by atoms with E-state index in [1.165, 1.54) is 0 Å². The summed E-state index contributed by atoms with van der Waals surface area (Å²) in [6, 6.07) is 0. The zero-order valence-corrected chi connectivity index (χ0v) is 5.90. The van der Waals surface area contributed by atoms with E-state index in [1.807, 2.05) is 0 Å². The van der Waals surface area contributed by atoms with Crippen LogP contribution in [0, 0.1) is 0 Å². The smallest absolute Gasteiger partial charge is 0.0940 e. The van der Waals surface area contributed by atoms with Crippen molar-refractivity contribution in [2.75, 3.05) is 6.54 Å². The van der Waals surface area contributed by atoms with Crippen LogP contribution in [0.25, 0.3) is 0 Å². The molecule has 0 bridgehead atoms. The van der Waals surface area contributed by atoms with E-state index < -0.39 is 0 Å². The summed E-state index contributed by atoms with van der Waals surface area (Å²) in [6.07, 6.45) is 1.85. The third-order valence-electron chi connectivity index (χ3n) is 0.915. The third-order valence-corrected chi connectivity index (χ3v) is 1.42. The van der Waals surface area contributed by atoms with Gasteiger partial charge in [0.05, 0.1) is 10.8 Å². The fourth-order valence-electron chi connectivity index (χ4n) is 0.498. The van der Waals surface area contributed by atoms with Crippen molar-refractivity contribution < 1.29 is 0 Å². The van der Waals surface area contributed by atoms with Gasteiger partial charge in [0.25, 0.3) is 0 Å². The number of nitrogens with one attached hydrogen (secondary N) is 2. The lowest BCUT2D eigenvalue weighted by Gasteiger charge is -2.18. The van der Waals surface area contributed by atoms with Gasteiger partial charge in [0, 0.05) is 12.7 Å². The zero-order chi connectivity index (χ0) is 5.98. The minimum Gasteiger partial charge on any atom is -0.375 e. The Labute approximate surface area is 56.4 Å². The van der Waals surface area contributed by atoms with Crippen molar-refractivity contribution in [3.63, 3.8) is 0 Å². The fourth-order valence-corrected chi connectivity index (χ4v) is 0.792. The molecule has 0 aromatic carbocycles. The van der Waals surface area contributed by atoms with Crippen LogP contribution in [0.4, 0.5) is 0 Å². The Balaban J connectivity index is 2.42. The van der Waals surface area contributed by atoms with E-state index in [1.54, 1.807) is 6.20 Å². The average molecular weight is 178 g/mol. The topological polar surface area (TPSA) is 50.1 Å². The lowest BCUT2D eigenvalue weighted by Crippen LogP contribution is -2.45. The molecule has 1 heterocycles. The normalized spacial score (nSPS) is 27.8. The van der Waals surface area contributed by atoms with Crippen molar-refractivity contribution in [3.05, 3.63) is 10.8 Å². The van der Waals surface area contributed by atoms with Crippen molar-refractivity contribution in [2.24, 2.45) is 5.73 Å². The van der Waals surface area contributed by atoms with Gasteiger partial charge in [-0.15, -0.1) is 0 Å². The van der Waals surface area contributed by atoms with E-state index in [9.17, 15) is 0 Å². The SMILES string of the molecule is N[C@H]1CNC(Br)=CN1. The summed E-state index contributed by atoms with van der Waals surface area (Å²) in [5.74, 6) is 0. The van der Waals surface area contributed by atoms with Gasteiger partial charge in [0.1, 0.15) is 0 Å². The zero-order valence-electron chi connectivity index (χ0n) is 4.32. The van der Waals surface area contributed by atoms with Crippen LogP contribution in [0.5, 0.6) is 0 Å². The van der Waals surface area contributed by atoms with E-state index in [4.69, 9.17) is 5.73 Å². The van der Waals surface area contributed by atoms with E-state index in [0.717, 1.165) is 11.2 Å². The van der Waals surface area contributed by atoms with Gasteiger partial charge in [-0.2, -0.15) is 0 Å². The van der Waals surface area contributed by atoms with Gasteiger partial charge in [-0.1, -0.05) is 0 Å². The molecule has 0 radical (unpaired) electrons. The number of rotatable bonds is 0. The minimum atomic E-state index is 0.0521. The van der Waals surface area contributed by atoms with Crippen LogP contribution < -0.4 is 16.4 Å². The summed E-state index contributed by atoms with van der Waals surface area (Å²) >= 11 is 3.25. The first-order chi connectivity index (χ1) is 3.79. The molecule has 1 aliphatic rings. The van der Waals surface area contributed by atoms with Crippen LogP contribution >= 0.6 is 15.9 Å². The molecule has 1 aliphatic heterocycles. The maximum atomic E-state index is 5.46. The molecule has 0 fully saturated rings. The number of halogens is 1. The van der Waals surface area contributed by atoms with Crippen LogP contribution in [0.2, 0.25) is 0 Å². The van der Waals surface area contributed by atoms with E-state index in [2.05, 4.69) is 26.6 Å². The van der Waals surface area contributed by atoms with Crippen LogP contribution in [0.15, 0.2) is 10.8 Å². The van der Waals surface area contributed by atoms with Gasteiger partial charge in [0.2, 0.25) is 0 Å². The van der Waals surface area contributed by atoms with Crippen LogP contribution in [-0.2, 0) is 0 Å². The van der Waals surface area contributed by atoms with Crippen molar-refractivity contribution in [2.45, 2.75) is 6.17 Å². The Morgan fingerprint density at radius 1 is 1.88 bits per heavy atom. The molecule has 0 amide bonds. The minimum absolute atomic E-state index is 0.0521. The number of nitrogens with two attached hydrogens (primary N) is 1. The second-order valence-electron chi connectivity index (χ2n) is 1.65. The maximum absolute atomic E-state index is 5.46. The Morgan fingerprint density at radius 2 is 2.62 bits per heavy atom. The predicted octanol–water partition coefficient (Wildman–Crippen LogP) is -0.342. The van der Waals surface area contributed by atoms with Gasteiger partial charge in [-0.05, 0) is 15.9 Å². The quantitative estimate of drug-likeness (QED) is 0.444. The Kier molecular flexibility index (Phi) is 1.75. The van der Waals surface area contributed by atoms with Crippen molar-refractivity contribution >= 4 is 15.9 Å². The molecule has 0 spiro atoms. The molecule has 0 saturated carbocycles. The molecular formula is C4H8BrN3. The second-order valence-corrected chi connectivity index (χ2v) is 2.50. The van der Waals surface area contributed by atoms with E-state index in [-0.39, 0.29) is 6.17 Å². The van der Waals surface area contributed by atoms with Crippen LogP contribution in [0.3, 0.4) is 0 Å². The highest BCUT2D eigenvalue weighted by Gasteiger charge is 2.03. The van der Waals surface area contributed by atoms with Crippen LogP contribution in [-0.4, -0.2) is 12.7 Å². The molecule has 1 atom stereocenters. The summed E-state index contributed by atoms with van der Waals surface area (Å²) in [7, 11) is 0. The monoisotopic (exact) mass is 177 g/mol. The fraction of sp³-hybridized carbons (Fsp3) is 0.500. The molecule has 46 valence electrons. The second kappa shape index (κ2) is 2.37. The molecule has 0 aromatic heterocycles. The summed E-state index contributed by atoms with van der Waals surface area (Å²) in [4.78, 5) is 0. The van der Waals surface area contributed by atoms with Gasteiger partial charge < -0.3 is 16.4 Å². The highest BCUT2D eigenvalue weighted by atomic mass is 79.9. The molecular weight excluding hydrogens is 170 g/mol. The lowest BCUT2D eigenvalue weighted by molar-refractivity contribution is 0.552. The van der Waals surface area contributed by atoms with Gasteiger partial charge in [-0.25, -0.2) is 0 Å². The molecule has 0 aromatic rings. The first-order valence-electron chi connectivity index (χ1n) is 2.40. The van der Waals surface area contributed by atoms with Gasteiger partial charge in [0.15, 0.2) is 0 Å². The highest BCUT2D eigenvalue weighted by Crippen LogP contribution is 1.99. The number of hydrogen-bond acceptors (Lipinski definition) is 3. The average Bonchev–Trinajstić information content (AvgIpc) is 1.77. The Hall–Kier alpha value is -0.220. The molecule has 3 nitrogen and oxygen atoms in total. The summed E-state index contributed by atoms with van der Waals surface area (Å²) in [6.45, 7) is 0.775. The molecule has 0 saturated heterocycles. The standard InChI is InChI=1S/C4H8BrN3/c5-3-1-8-4(6)2-7-3/h1,4,7-8H,2,6H2/t4-/m1/s1. The third kappa shape index (κ3) is 1.38. The molecule has 0 unspecified atom stereocenters. The summed E-state index contributed by atoms with van der Waals surface area (Å²) in [5, 5.41) is 5.96. The van der Waals surface area contributed by atoms with Gasteiger partial charge >= 0.3 is 0 Å². The molecule has 1 rings (SSSR count). The van der Waals surface area contributed by atoms with E-state index in [0.29, 0.717) is 0 Å². The molecule has 4 heteroatoms. The summed E-state index contributed by atoms with van der Waals surface area (Å²) < 4.78 is 0.958. The van der Waals surface area contributed by atoms with Crippen LogP contribution in [0.1, 0.15) is 0 Å².